The number of tetrazole rings is 1. The summed E-state index contributed by atoms with van der Waals surface area (Å²) in [7, 11) is 3.13. The molecule has 2 aromatic carbocycles. The number of hydrogen-bond donors (Lipinski definition) is 1. The first-order valence-corrected chi connectivity index (χ1v) is 8.45. The molecule has 8 heteroatoms. The van der Waals surface area contributed by atoms with Crippen molar-refractivity contribution < 1.29 is 9.47 Å². The van der Waals surface area contributed by atoms with Crippen LogP contribution in [0.25, 0.3) is 5.69 Å². The van der Waals surface area contributed by atoms with Gasteiger partial charge in [0.1, 0.15) is 18.1 Å². The van der Waals surface area contributed by atoms with Gasteiger partial charge >= 0.3 is 5.69 Å². The van der Waals surface area contributed by atoms with Crippen molar-refractivity contribution in [2.45, 2.75) is 25.3 Å². The molecule has 0 atom stereocenters. The Labute approximate surface area is 156 Å². The Morgan fingerprint density at radius 1 is 1.12 bits per heavy atom. The van der Waals surface area contributed by atoms with Gasteiger partial charge in [0.15, 0.2) is 0 Å². The molecule has 0 unspecified atom stereocenters. The third kappa shape index (κ3) is 3.32. The number of benzene rings is 2. The van der Waals surface area contributed by atoms with Crippen molar-refractivity contribution in [1.82, 2.24) is 19.8 Å². The number of ether oxygens (including phenoxy) is 2. The Morgan fingerprint density at radius 3 is 2.54 bits per heavy atom. The molecule has 136 valence electrons. The van der Waals surface area contributed by atoms with Crippen molar-refractivity contribution in [1.29, 1.82) is 0 Å². The highest BCUT2D eigenvalue weighted by atomic mass is 32.1. The van der Waals surface area contributed by atoms with Crippen molar-refractivity contribution in [2.24, 2.45) is 7.05 Å². The molecule has 0 amide bonds. The highest BCUT2D eigenvalue weighted by molar-refractivity contribution is 7.80. The predicted molar refractivity (Wildman–Crippen MR) is 101 cm³/mol. The molecule has 1 heterocycles. The zero-order valence-electron chi connectivity index (χ0n) is 15.1. The molecule has 0 N–H and O–H groups in total. The summed E-state index contributed by atoms with van der Waals surface area (Å²) in [6.07, 6.45) is 0. The highest BCUT2D eigenvalue weighted by Gasteiger charge is 2.16. The minimum absolute atomic E-state index is 0.217. The van der Waals surface area contributed by atoms with Crippen LogP contribution in [-0.4, -0.2) is 26.9 Å². The zero-order valence-corrected chi connectivity index (χ0v) is 15.9. The lowest BCUT2D eigenvalue weighted by atomic mass is 10.1. The number of nitrogens with zero attached hydrogens (tertiary/aromatic N) is 4. The summed E-state index contributed by atoms with van der Waals surface area (Å²) in [5.41, 5.74) is 2.95. The number of thiol groups is 1. The molecule has 26 heavy (non-hydrogen) atoms. The molecule has 3 aromatic rings. The van der Waals surface area contributed by atoms with Gasteiger partial charge in [0.05, 0.1) is 18.4 Å². The van der Waals surface area contributed by atoms with Crippen LogP contribution in [0.2, 0.25) is 0 Å². The highest BCUT2D eigenvalue weighted by Crippen LogP contribution is 2.29. The maximum atomic E-state index is 12.2. The molecule has 0 radical (unpaired) electrons. The smallest absolute Gasteiger partial charge is 0.368 e. The standard InChI is InChI=1S/C18H20N4O3S/c1-11-9-17(26)12(2)8-16(11)25-10-13-14(6-5-7-15(13)24-4)22-18(23)21(3)19-20-22/h5-9,26H,10H2,1-4H3. The van der Waals surface area contributed by atoms with E-state index in [-0.39, 0.29) is 12.3 Å². The summed E-state index contributed by atoms with van der Waals surface area (Å²) in [5, 5.41) is 7.69. The second-order valence-electron chi connectivity index (χ2n) is 5.95. The van der Waals surface area contributed by atoms with E-state index in [0.717, 1.165) is 21.8 Å². The fraction of sp³-hybridized carbons (Fsp3) is 0.278. The van der Waals surface area contributed by atoms with Gasteiger partial charge in [0.2, 0.25) is 0 Å². The summed E-state index contributed by atoms with van der Waals surface area (Å²) < 4.78 is 13.9. The van der Waals surface area contributed by atoms with Crippen LogP contribution in [0.4, 0.5) is 0 Å². The second-order valence-corrected chi connectivity index (χ2v) is 6.43. The first-order chi connectivity index (χ1) is 12.4. The lowest BCUT2D eigenvalue weighted by Gasteiger charge is -2.16. The first kappa shape index (κ1) is 18.1. The first-order valence-electron chi connectivity index (χ1n) is 8.00. The van der Waals surface area contributed by atoms with E-state index in [1.54, 1.807) is 26.3 Å². The zero-order chi connectivity index (χ0) is 18.8. The average Bonchev–Trinajstić information content (AvgIpc) is 2.95. The van der Waals surface area contributed by atoms with Crippen LogP contribution in [0.1, 0.15) is 16.7 Å². The Balaban J connectivity index is 2.01. The topological polar surface area (TPSA) is 71.2 Å². The van der Waals surface area contributed by atoms with E-state index in [2.05, 4.69) is 23.1 Å². The number of aryl methyl sites for hydroxylation is 3. The van der Waals surface area contributed by atoms with Gasteiger partial charge in [-0.2, -0.15) is 9.36 Å². The number of methoxy groups -OCH3 is 1. The van der Waals surface area contributed by atoms with E-state index in [9.17, 15) is 4.79 Å². The number of hydrogen-bond acceptors (Lipinski definition) is 6. The van der Waals surface area contributed by atoms with Crippen LogP contribution >= 0.6 is 12.6 Å². The summed E-state index contributed by atoms with van der Waals surface area (Å²) in [5.74, 6) is 1.36. The molecule has 0 saturated carbocycles. The summed E-state index contributed by atoms with van der Waals surface area (Å²) in [6, 6.07) is 9.31. The molecule has 7 nitrogen and oxygen atoms in total. The van der Waals surface area contributed by atoms with E-state index < -0.39 is 0 Å². The van der Waals surface area contributed by atoms with Gasteiger partial charge < -0.3 is 9.47 Å². The minimum atomic E-state index is -0.342. The normalized spacial score (nSPS) is 10.8. The summed E-state index contributed by atoms with van der Waals surface area (Å²) in [6.45, 7) is 4.15. The van der Waals surface area contributed by atoms with Gasteiger partial charge in [0.25, 0.3) is 0 Å². The fourth-order valence-corrected chi connectivity index (χ4v) is 2.89. The van der Waals surface area contributed by atoms with Crippen LogP contribution in [0.15, 0.2) is 40.0 Å². The fourth-order valence-electron chi connectivity index (χ4n) is 2.63. The van der Waals surface area contributed by atoms with E-state index in [0.29, 0.717) is 17.0 Å². The third-order valence-electron chi connectivity index (χ3n) is 4.14. The summed E-state index contributed by atoms with van der Waals surface area (Å²) >= 11 is 4.43. The molecule has 0 spiro atoms. The van der Waals surface area contributed by atoms with Crippen molar-refractivity contribution in [2.75, 3.05) is 7.11 Å². The van der Waals surface area contributed by atoms with Crippen LogP contribution < -0.4 is 15.2 Å². The Morgan fingerprint density at radius 2 is 1.88 bits per heavy atom. The van der Waals surface area contributed by atoms with Crippen LogP contribution in [0.5, 0.6) is 11.5 Å². The average molecular weight is 372 g/mol. The lowest BCUT2D eigenvalue weighted by Crippen LogP contribution is -2.23. The third-order valence-corrected chi connectivity index (χ3v) is 4.63. The Kier molecular flexibility index (Phi) is 5.03. The Bertz CT molecular complexity index is 1010. The van der Waals surface area contributed by atoms with E-state index in [1.807, 2.05) is 32.0 Å². The van der Waals surface area contributed by atoms with Gasteiger partial charge in [-0.1, -0.05) is 6.07 Å². The molecule has 0 aliphatic carbocycles. The van der Waals surface area contributed by atoms with Crippen molar-refractivity contribution in [3.05, 3.63) is 57.5 Å². The second kappa shape index (κ2) is 7.25. The maximum Gasteiger partial charge on any atom is 0.368 e. The Hall–Kier alpha value is -2.74. The molecular weight excluding hydrogens is 352 g/mol. The molecular formula is C18H20N4O3S. The number of rotatable bonds is 5. The van der Waals surface area contributed by atoms with Crippen molar-refractivity contribution in [3.8, 4) is 17.2 Å². The molecule has 0 bridgehead atoms. The van der Waals surface area contributed by atoms with Crippen molar-refractivity contribution >= 4 is 12.6 Å². The quantitative estimate of drug-likeness (QED) is 0.697. The molecule has 1 aromatic heterocycles. The van der Waals surface area contributed by atoms with Gasteiger partial charge in [-0.05, 0) is 59.7 Å². The van der Waals surface area contributed by atoms with Gasteiger partial charge in [-0.15, -0.1) is 12.6 Å². The number of aromatic nitrogens is 4. The molecule has 0 fully saturated rings. The van der Waals surface area contributed by atoms with Gasteiger partial charge in [0, 0.05) is 11.9 Å². The van der Waals surface area contributed by atoms with Gasteiger partial charge in [-0.3, -0.25) is 0 Å². The van der Waals surface area contributed by atoms with E-state index in [4.69, 9.17) is 9.47 Å². The van der Waals surface area contributed by atoms with Crippen LogP contribution in [0, 0.1) is 13.8 Å². The molecule has 0 aliphatic rings. The lowest BCUT2D eigenvalue weighted by molar-refractivity contribution is 0.293. The molecule has 3 rings (SSSR count). The monoisotopic (exact) mass is 372 g/mol. The minimum Gasteiger partial charge on any atom is -0.496 e. The van der Waals surface area contributed by atoms with E-state index >= 15 is 0 Å². The van der Waals surface area contributed by atoms with Crippen LogP contribution in [0.3, 0.4) is 0 Å². The predicted octanol–water partition coefficient (Wildman–Crippen LogP) is 2.46. The van der Waals surface area contributed by atoms with Crippen LogP contribution in [-0.2, 0) is 13.7 Å². The van der Waals surface area contributed by atoms with Gasteiger partial charge in [-0.25, -0.2) is 4.79 Å². The van der Waals surface area contributed by atoms with E-state index in [1.165, 1.54) is 9.36 Å². The SMILES string of the molecule is COc1cccc(-n2nnn(C)c2=O)c1COc1cc(C)c(S)cc1C. The maximum absolute atomic E-state index is 12.2. The molecule has 0 saturated heterocycles. The molecule has 0 aliphatic heterocycles. The summed E-state index contributed by atoms with van der Waals surface area (Å²) in [4.78, 5) is 13.2. The largest absolute Gasteiger partial charge is 0.496 e. The van der Waals surface area contributed by atoms with Crippen molar-refractivity contribution in [3.63, 3.8) is 0 Å².